The summed E-state index contributed by atoms with van der Waals surface area (Å²) in [5.41, 5.74) is 14.0. The van der Waals surface area contributed by atoms with Crippen molar-refractivity contribution in [2.45, 2.75) is 90.2 Å². The standard InChI is InChI=1S/C36H57FN12O10/c1-6-41-25(14-26(38)51)32(56)45-31(22(5)50)33(57)42-17-28(53)46-47-35(59)44-19-30(55)49(20(2)3)36(34(58)43-16-27(39)52)9-11-48(12-10-36)29(54)18-40-15-23-8-7-21(4)24(37)13-23/h7-8,13,20,22,25,31,40-41,50H,6,9-12,14-19H2,1-5H3,(H2,38,51)(H2,39,52)(H,42,57)(H,43,58)(H,45,56)(H,46,53)(H2,44,47,59)/t22?,25-,31?/m0/s1. The summed E-state index contributed by atoms with van der Waals surface area (Å²) in [5.74, 6) is -6.37. The first kappa shape index (κ1) is 49.2. The molecule has 1 aromatic carbocycles. The van der Waals surface area contributed by atoms with Crippen LogP contribution in [-0.4, -0.2) is 144 Å². The minimum absolute atomic E-state index is 0.0341. The number of aliphatic hydroxyl groups is 1. The second-order valence-corrected chi connectivity index (χ2v) is 14.2. The van der Waals surface area contributed by atoms with E-state index in [1.54, 1.807) is 39.8 Å². The van der Waals surface area contributed by atoms with Crippen LogP contribution in [0.2, 0.25) is 0 Å². The van der Waals surface area contributed by atoms with Gasteiger partial charge in [0.2, 0.25) is 41.4 Å². The van der Waals surface area contributed by atoms with Gasteiger partial charge in [-0.2, -0.15) is 0 Å². The van der Waals surface area contributed by atoms with Crippen LogP contribution in [0, 0.1) is 12.7 Å². The molecule has 1 fully saturated rings. The number of nitrogens with one attached hydrogen (secondary N) is 8. The van der Waals surface area contributed by atoms with Crippen LogP contribution in [-0.2, 0) is 44.9 Å². The highest BCUT2D eigenvalue weighted by molar-refractivity contribution is 5.96. The number of rotatable bonds is 21. The Labute approximate surface area is 340 Å². The Morgan fingerprint density at radius 1 is 0.881 bits per heavy atom. The van der Waals surface area contributed by atoms with Crippen LogP contribution in [0.15, 0.2) is 18.2 Å². The monoisotopic (exact) mass is 836 g/mol. The van der Waals surface area contributed by atoms with Crippen molar-refractivity contribution in [3.63, 3.8) is 0 Å². The highest BCUT2D eigenvalue weighted by atomic mass is 19.1. The third kappa shape index (κ3) is 15.4. The molecule has 1 aliphatic rings. The van der Waals surface area contributed by atoms with Gasteiger partial charge in [0.15, 0.2) is 0 Å². The lowest BCUT2D eigenvalue weighted by atomic mass is 9.83. The van der Waals surface area contributed by atoms with E-state index in [-0.39, 0.29) is 57.2 Å². The number of likely N-dealkylation sites (tertiary alicyclic amines) is 1. The Morgan fingerprint density at radius 3 is 2.10 bits per heavy atom. The van der Waals surface area contributed by atoms with E-state index in [2.05, 4.69) is 31.9 Å². The van der Waals surface area contributed by atoms with Crippen molar-refractivity contribution in [1.82, 2.24) is 52.6 Å². The Morgan fingerprint density at radius 2 is 1.54 bits per heavy atom. The topological polar surface area (TPSA) is 329 Å². The second-order valence-electron chi connectivity index (χ2n) is 14.2. The van der Waals surface area contributed by atoms with Crippen molar-refractivity contribution in [2.75, 3.05) is 45.8 Å². The largest absolute Gasteiger partial charge is 0.391 e. The average molecular weight is 837 g/mol. The molecule has 0 bridgehead atoms. The van der Waals surface area contributed by atoms with Crippen LogP contribution < -0.4 is 54.2 Å². The van der Waals surface area contributed by atoms with Crippen molar-refractivity contribution in [3.05, 3.63) is 35.1 Å². The van der Waals surface area contributed by atoms with Crippen LogP contribution >= 0.6 is 0 Å². The minimum atomic E-state index is -1.56. The van der Waals surface area contributed by atoms with Gasteiger partial charge < -0.3 is 58.3 Å². The van der Waals surface area contributed by atoms with Gasteiger partial charge in [0.25, 0.3) is 5.91 Å². The molecular formula is C36H57FN12O10. The van der Waals surface area contributed by atoms with Crippen LogP contribution in [0.5, 0.6) is 0 Å². The molecule has 328 valence electrons. The first-order chi connectivity index (χ1) is 27.7. The van der Waals surface area contributed by atoms with Crippen molar-refractivity contribution >= 4 is 53.3 Å². The molecule has 2 rings (SSSR count). The van der Waals surface area contributed by atoms with Crippen molar-refractivity contribution in [2.24, 2.45) is 11.5 Å². The van der Waals surface area contributed by atoms with E-state index in [0.29, 0.717) is 17.7 Å². The van der Waals surface area contributed by atoms with Gasteiger partial charge in [-0.15, -0.1) is 0 Å². The molecule has 13 N–H and O–H groups in total. The molecule has 3 atom stereocenters. The van der Waals surface area contributed by atoms with E-state index in [9.17, 15) is 52.6 Å². The lowest BCUT2D eigenvalue weighted by Gasteiger charge is -2.49. The predicted octanol–water partition coefficient (Wildman–Crippen LogP) is -4.41. The molecule has 10 amide bonds. The van der Waals surface area contributed by atoms with E-state index in [0.717, 1.165) is 0 Å². The molecule has 0 spiro atoms. The number of primary amides is 2. The summed E-state index contributed by atoms with van der Waals surface area (Å²) < 4.78 is 13.9. The molecular weight excluding hydrogens is 779 g/mol. The molecule has 1 saturated heterocycles. The van der Waals surface area contributed by atoms with Gasteiger partial charge in [0.05, 0.1) is 44.7 Å². The van der Waals surface area contributed by atoms with Crippen LogP contribution in [0.4, 0.5) is 9.18 Å². The van der Waals surface area contributed by atoms with Gasteiger partial charge in [-0.3, -0.25) is 43.8 Å². The van der Waals surface area contributed by atoms with E-state index < -0.39 is 96.8 Å². The first-order valence-corrected chi connectivity index (χ1v) is 18.9. The number of carbonyl (C=O) groups excluding carboxylic acids is 9. The molecule has 1 heterocycles. The fraction of sp³-hybridized carbons (Fsp3) is 0.583. The van der Waals surface area contributed by atoms with Gasteiger partial charge in [0.1, 0.15) is 17.4 Å². The number of benzene rings is 1. The van der Waals surface area contributed by atoms with Crippen LogP contribution in [0.25, 0.3) is 0 Å². The Kier molecular flexibility index (Phi) is 19.6. The summed E-state index contributed by atoms with van der Waals surface area (Å²) in [5, 5.41) is 25.0. The molecule has 0 aromatic heterocycles. The maximum Gasteiger partial charge on any atom is 0.333 e. The zero-order valence-electron chi connectivity index (χ0n) is 33.9. The highest BCUT2D eigenvalue weighted by Crippen LogP contribution is 2.32. The SMILES string of the molecule is CCN[C@@H](CC(N)=O)C(=O)NC(C(=O)NCC(=O)NNC(=O)NCC(=O)N(C(C)C)C1(C(=O)NCC(N)=O)CCN(C(=O)CNCc2ccc(C)c(F)c2)CC1)C(C)O. The molecule has 0 saturated carbocycles. The number of hydrogen-bond acceptors (Lipinski definition) is 12. The summed E-state index contributed by atoms with van der Waals surface area (Å²) in [4.78, 5) is 116. The van der Waals surface area contributed by atoms with E-state index in [4.69, 9.17) is 11.5 Å². The van der Waals surface area contributed by atoms with Crippen molar-refractivity contribution in [3.8, 4) is 0 Å². The number of halogens is 1. The summed E-state index contributed by atoms with van der Waals surface area (Å²) in [6.45, 7) is 6.45. The van der Waals surface area contributed by atoms with Gasteiger partial charge in [-0.1, -0.05) is 19.1 Å². The maximum atomic E-state index is 13.9. The summed E-state index contributed by atoms with van der Waals surface area (Å²) in [6, 6.07) is 0.476. The number of amides is 10. The predicted molar refractivity (Wildman–Crippen MR) is 208 cm³/mol. The smallest absolute Gasteiger partial charge is 0.333 e. The highest BCUT2D eigenvalue weighted by Gasteiger charge is 2.49. The van der Waals surface area contributed by atoms with Crippen molar-refractivity contribution < 1.29 is 52.6 Å². The van der Waals surface area contributed by atoms with E-state index in [1.807, 2.05) is 10.9 Å². The maximum absolute atomic E-state index is 13.9. The molecule has 59 heavy (non-hydrogen) atoms. The summed E-state index contributed by atoms with van der Waals surface area (Å²) in [7, 11) is 0. The third-order valence-electron chi connectivity index (χ3n) is 9.25. The third-order valence-corrected chi connectivity index (χ3v) is 9.25. The zero-order valence-corrected chi connectivity index (χ0v) is 33.9. The fourth-order valence-electron chi connectivity index (χ4n) is 6.33. The number of aliphatic hydroxyl groups excluding tert-OH is 1. The number of carbonyl (C=O) groups is 9. The van der Waals surface area contributed by atoms with Gasteiger partial charge in [0, 0.05) is 25.7 Å². The molecule has 2 unspecified atom stereocenters. The Hall–Kier alpha value is -5.94. The van der Waals surface area contributed by atoms with Crippen LogP contribution in [0.1, 0.15) is 58.1 Å². The number of piperidine rings is 1. The second kappa shape index (κ2) is 23.5. The number of nitrogens with zero attached hydrogens (tertiary/aromatic N) is 2. The number of aryl methyl sites for hydroxylation is 1. The lowest BCUT2D eigenvalue weighted by Crippen LogP contribution is -2.68. The van der Waals surface area contributed by atoms with Gasteiger partial charge in [-0.05, 0) is 64.3 Å². The normalized spacial score (nSPS) is 14.8. The molecule has 0 aliphatic carbocycles. The van der Waals surface area contributed by atoms with Gasteiger partial charge in [-0.25, -0.2) is 14.6 Å². The number of urea groups is 1. The number of hydrogen-bond donors (Lipinski definition) is 11. The molecule has 23 heteroatoms. The minimum Gasteiger partial charge on any atom is -0.391 e. The molecule has 0 radical (unpaired) electrons. The lowest BCUT2D eigenvalue weighted by molar-refractivity contribution is -0.155. The number of hydrazine groups is 1. The quantitative estimate of drug-likeness (QED) is 0.0523. The molecule has 22 nitrogen and oxygen atoms in total. The van der Waals surface area contributed by atoms with E-state index >= 15 is 0 Å². The Balaban J connectivity index is 2.00. The molecule has 1 aromatic rings. The summed E-state index contributed by atoms with van der Waals surface area (Å²) >= 11 is 0. The van der Waals surface area contributed by atoms with Crippen molar-refractivity contribution in [1.29, 1.82) is 0 Å². The average Bonchev–Trinajstić information content (AvgIpc) is 3.17. The number of likely N-dealkylation sites (N-methyl/N-ethyl adjacent to an activating group) is 1. The first-order valence-electron chi connectivity index (χ1n) is 18.9. The van der Waals surface area contributed by atoms with Crippen LogP contribution in [0.3, 0.4) is 0 Å². The fourth-order valence-corrected chi connectivity index (χ4v) is 6.33. The zero-order chi connectivity index (χ0) is 44.4. The Bertz CT molecular complexity index is 1700. The summed E-state index contributed by atoms with van der Waals surface area (Å²) in [6.07, 6.45) is -1.86. The number of nitrogens with two attached hydrogens (primary N) is 2. The van der Waals surface area contributed by atoms with Gasteiger partial charge >= 0.3 is 6.03 Å². The van der Waals surface area contributed by atoms with E-state index in [1.165, 1.54) is 22.8 Å². The molecule has 1 aliphatic heterocycles.